The van der Waals surface area contributed by atoms with E-state index in [1.54, 1.807) is 6.07 Å². The summed E-state index contributed by atoms with van der Waals surface area (Å²) in [7, 11) is 0. The van der Waals surface area contributed by atoms with Crippen LogP contribution in [0.3, 0.4) is 0 Å². The number of hydrogen-bond donors (Lipinski definition) is 1. The van der Waals surface area contributed by atoms with E-state index in [4.69, 9.17) is 5.11 Å². The molecule has 1 fully saturated rings. The lowest BCUT2D eigenvalue weighted by molar-refractivity contribution is -0.137. The lowest BCUT2D eigenvalue weighted by atomic mass is 9.88. The summed E-state index contributed by atoms with van der Waals surface area (Å²) in [5.41, 5.74) is 0.201. The molecule has 2 rings (SSSR count). The maximum absolute atomic E-state index is 13.9. The van der Waals surface area contributed by atoms with Gasteiger partial charge in [0.15, 0.2) is 0 Å². The smallest absolute Gasteiger partial charge is 0.303 e. The molecular formula is C15H19FO2. The largest absolute Gasteiger partial charge is 0.481 e. The number of aliphatic carboxylic acids is 1. The summed E-state index contributed by atoms with van der Waals surface area (Å²) >= 11 is 0. The van der Waals surface area contributed by atoms with Crippen LogP contribution in [0, 0.1) is 5.92 Å². The average Bonchev–Trinajstić information content (AvgIpc) is 3.08. The van der Waals surface area contributed by atoms with Crippen molar-refractivity contribution in [2.24, 2.45) is 5.92 Å². The molecule has 1 aromatic carbocycles. The van der Waals surface area contributed by atoms with Crippen LogP contribution < -0.4 is 0 Å². The molecule has 0 aliphatic heterocycles. The zero-order valence-electron chi connectivity index (χ0n) is 10.8. The highest BCUT2D eigenvalue weighted by Gasteiger charge is 2.34. The summed E-state index contributed by atoms with van der Waals surface area (Å²) in [5.74, 6) is -0.291. The number of carboxylic acid groups (broad SMARTS) is 1. The fourth-order valence-electron chi connectivity index (χ4n) is 2.38. The first-order chi connectivity index (χ1) is 8.38. The number of carbonyl (C=O) groups is 1. The van der Waals surface area contributed by atoms with Crippen molar-refractivity contribution in [1.29, 1.82) is 0 Å². The Morgan fingerprint density at radius 1 is 1.50 bits per heavy atom. The van der Waals surface area contributed by atoms with Gasteiger partial charge in [-0.25, -0.2) is 4.39 Å². The third-order valence-electron chi connectivity index (χ3n) is 3.59. The molecule has 0 heterocycles. The van der Waals surface area contributed by atoms with E-state index in [0.29, 0.717) is 11.5 Å². The molecule has 98 valence electrons. The third-order valence-corrected chi connectivity index (χ3v) is 3.59. The molecule has 0 spiro atoms. The van der Waals surface area contributed by atoms with Gasteiger partial charge in [0.05, 0.1) is 6.42 Å². The molecule has 0 bridgehead atoms. The van der Waals surface area contributed by atoms with Crippen molar-refractivity contribution in [2.75, 3.05) is 0 Å². The number of carboxylic acids is 1. The SMILES string of the molecule is CC(C)(F)c1cccc(C(CC(=O)O)C2CC2)c1. The normalized spacial score (nSPS) is 17.5. The fourth-order valence-corrected chi connectivity index (χ4v) is 2.38. The van der Waals surface area contributed by atoms with E-state index < -0.39 is 11.6 Å². The second kappa shape index (κ2) is 4.71. The van der Waals surface area contributed by atoms with E-state index in [2.05, 4.69) is 0 Å². The van der Waals surface area contributed by atoms with E-state index in [1.807, 2.05) is 18.2 Å². The molecule has 1 aromatic rings. The van der Waals surface area contributed by atoms with Gasteiger partial charge in [-0.05, 0) is 49.7 Å². The van der Waals surface area contributed by atoms with Gasteiger partial charge in [0, 0.05) is 0 Å². The first-order valence-electron chi connectivity index (χ1n) is 6.39. The number of rotatable bonds is 5. The summed E-state index contributed by atoms with van der Waals surface area (Å²) in [6, 6.07) is 7.32. The second-order valence-electron chi connectivity index (χ2n) is 5.64. The van der Waals surface area contributed by atoms with Crippen LogP contribution in [-0.2, 0) is 10.5 Å². The number of halogens is 1. The molecule has 1 saturated carbocycles. The van der Waals surface area contributed by atoms with Crippen LogP contribution in [0.5, 0.6) is 0 Å². The highest BCUT2D eigenvalue weighted by atomic mass is 19.1. The number of benzene rings is 1. The Balaban J connectivity index is 2.27. The van der Waals surface area contributed by atoms with Gasteiger partial charge in [-0.2, -0.15) is 0 Å². The molecule has 1 unspecified atom stereocenters. The first-order valence-corrected chi connectivity index (χ1v) is 6.39. The zero-order valence-corrected chi connectivity index (χ0v) is 10.8. The van der Waals surface area contributed by atoms with Gasteiger partial charge in [-0.1, -0.05) is 24.3 Å². The molecule has 0 amide bonds. The van der Waals surface area contributed by atoms with Crippen molar-refractivity contribution in [2.45, 2.75) is 44.7 Å². The Kier molecular flexibility index (Phi) is 3.42. The van der Waals surface area contributed by atoms with Gasteiger partial charge < -0.3 is 5.11 Å². The maximum atomic E-state index is 13.9. The van der Waals surface area contributed by atoms with E-state index in [1.165, 1.54) is 13.8 Å². The topological polar surface area (TPSA) is 37.3 Å². The number of alkyl halides is 1. The maximum Gasteiger partial charge on any atom is 0.303 e. The van der Waals surface area contributed by atoms with Crippen LogP contribution in [-0.4, -0.2) is 11.1 Å². The molecule has 1 N–H and O–H groups in total. The minimum absolute atomic E-state index is 0.0322. The Labute approximate surface area is 107 Å². The summed E-state index contributed by atoms with van der Waals surface area (Å²) in [5, 5.41) is 8.98. The monoisotopic (exact) mass is 250 g/mol. The van der Waals surface area contributed by atoms with Gasteiger partial charge >= 0.3 is 5.97 Å². The van der Waals surface area contributed by atoms with Crippen LogP contribution in [0.4, 0.5) is 4.39 Å². The second-order valence-corrected chi connectivity index (χ2v) is 5.64. The molecule has 18 heavy (non-hydrogen) atoms. The van der Waals surface area contributed by atoms with E-state index >= 15 is 0 Å². The lowest BCUT2D eigenvalue weighted by Gasteiger charge is -2.19. The van der Waals surface area contributed by atoms with Crippen molar-refractivity contribution >= 4 is 5.97 Å². The summed E-state index contributed by atoms with van der Waals surface area (Å²) in [6.45, 7) is 3.05. The van der Waals surface area contributed by atoms with Crippen molar-refractivity contribution in [3.05, 3.63) is 35.4 Å². The quantitative estimate of drug-likeness (QED) is 0.861. The Hall–Kier alpha value is -1.38. The highest BCUT2D eigenvalue weighted by Crippen LogP contribution is 2.45. The number of hydrogen-bond acceptors (Lipinski definition) is 1. The highest BCUT2D eigenvalue weighted by molar-refractivity contribution is 5.68. The molecule has 0 radical (unpaired) electrons. The molecule has 3 heteroatoms. The molecule has 2 nitrogen and oxygen atoms in total. The van der Waals surface area contributed by atoms with Crippen LogP contribution >= 0.6 is 0 Å². The van der Waals surface area contributed by atoms with Crippen molar-refractivity contribution in [3.8, 4) is 0 Å². The van der Waals surface area contributed by atoms with Gasteiger partial charge in [0.2, 0.25) is 0 Å². The molecule has 1 atom stereocenters. The van der Waals surface area contributed by atoms with Crippen LogP contribution in [0.2, 0.25) is 0 Å². The summed E-state index contributed by atoms with van der Waals surface area (Å²) < 4.78 is 13.9. The Bertz CT molecular complexity index is 444. The van der Waals surface area contributed by atoms with E-state index in [0.717, 1.165) is 18.4 Å². The minimum Gasteiger partial charge on any atom is -0.481 e. The van der Waals surface area contributed by atoms with Gasteiger partial charge in [0.1, 0.15) is 5.67 Å². The Morgan fingerprint density at radius 2 is 2.17 bits per heavy atom. The van der Waals surface area contributed by atoms with E-state index in [-0.39, 0.29) is 12.3 Å². The summed E-state index contributed by atoms with van der Waals surface area (Å²) in [6.07, 6.45) is 2.31. The standard InChI is InChI=1S/C15H19FO2/c1-15(2,16)12-5-3-4-11(8-12)13(9-14(17)18)10-6-7-10/h3-5,8,10,13H,6-7,9H2,1-2H3,(H,17,18). The lowest BCUT2D eigenvalue weighted by Crippen LogP contribution is -2.12. The predicted molar refractivity (Wildman–Crippen MR) is 68.3 cm³/mol. The molecule has 0 aromatic heterocycles. The fraction of sp³-hybridized carbons (Fsp3) is 0.533. The summed E-state index contributed by atoms with van der Waals surface area (Å²) in [4.78, 5) is 10.9. The van der Waals surface area contributed by atoms with Crippen molar-refractivity contribution < 1.29 is 14.3 Å². The Morgan fingerprint density at radius 3 is 2.67 bits per heavy atom. The minimum atomic E-state index is -1.38. The molecule has 1 aliphatic carbocycles. The third kappa shape index (κ3) is 3.09. The van der Waals surface area contributed by atoms with Gasteiger partial charge in [-0.15, -0.1) is 0 Å². The van der Waals surface area contributed by atoms with Crippen molar-refractivity contribution in [1.82, 2.24) is 0 Å². The van der Waals surface area contributed by atoms with Crippen molar-refractivity contribution in [3.63, 3.8) is 0 Å². The molecule has 1 aliphatic rings. The van der Waals surface area contributed by atoms with Gasteiger partial charge in [-0.3, -0.25) is 4.79 Å². The molecule has 0 saturated heterocycles. The average molecular weight is 250 g/mol. The van der Waals surface area contributed by atoms with Crippen LogP contribution in [0.1, 0.15) is 50.2 Å². The predicted octanol–water partition coefficient (Wildman–Crippen LogP) is 3.86. The van der Waals surface area contributed by atoms with Crippen LogP contribution in [0.15, 0.2) is 24.3 Å². The van der Waals surface area contributed by atoms with Gasteiger partial charge in [0.25, 0.3) is 0 Å². The van der Waals surface area contributed by atoms with E-state index in [9.17, 15) is 9.18 Å². The van der Waals surface area contributed by atoms with Crippen LogP contribution in [0.25, 0.3) is 0 Å². The molecular weight excluding hydrogens is 231 g/mol. The first kappa shape index (κ1) is 13.1. The zero-order chi connectivity index (χ0) is 13.3.